The SMILES string of the molecule is CC(C)NCc1ccc(Cl)cc1N1CCCCC1CO. The standard InChI is InChI=1S/C16H25ClN2O/c1-12(2)18-10-13-6-7-14(17)9-16(13)19-8-4-3-5-15(19)11-20/h6-7,9,12,15,18,20H,3-5,8,10-11H2,1-2H3. The average Bonchev–Trinajstić information content (AvgIpc) is 2.45. The Morgan fingerprint density at radius 1 is 1.40 bits per heavy atom. The lowest BCUT2D eigenvalue weighted by Crippen LogP contribution is -2.42. The number of hydrogen-bond donors (Lipinski definition) is 2. The highest BCUT2D eigenvalue weighted by atomic mass is 35.5. The summed E-state index contributed by atoms with van der Waals surface area (Å²) >= 11 is 6.18. The molecular formula is C16H25ClN2O. The maximum absolute atomic E-state index is 9.61. The van der Waals surface area contributed by atoms with Crippen molar-refractivity contribution in [2.45, 2.75) is 51.7 Å². The van der Waals surface area contributed by atoms with Crippen LogP contribution in [0.3, 0.4) is 0 Å². The van der Waals surface area contributed by atoms with Gasteiger partial charge in [-0.25, -0.2) is 0 Å². The molecule has 20 heavy (non-hydrogen) atoms. The van der Waals surface area contributed by atoms with Gasteiger partial charge in [0.05, 0.1) is 12.6 Å². The molecule has 1 aliphatic rings. The monoisotopic (exact) mass is 296 g/mol. The van der Waals surface area contributed by atoms with Crippen molar-refractivity contribution in [3.8, 4) is 0 Å². The molecule has 0 aromatic heterocycles. The van der Waals surface area contributed by atoms with Crippen molar-refractivity contribution >= 4 is 17.3 Å². The van der Waals surface area contributed by atoms with E-state index in [0.717, 1.165) is 24.5 Å². The molecule has 0 bridgehead atoms. The highest BCUT2D eigenvalue weighted by Gasteiger charge is 2.23. The van der Waals surface area contributed by atoms with Gasteiger partial charge in [-0.15, -0.1) is 0 Å². The van der Waals surface area contributed by atoms with Gasteiger partial charge in [-0.3, -0.25) is 0 Å². The van der Waals surface area contributed by atoms with Gasteiger partial charge in [-0.1, -0.05) is 31.5 Å². The molecule has 112 valence electrons. The van der Waals surface area contributed by atoms with Crippen LogP contribution in [0.1, 0.15) is 38.7 Å². The minimum absolute atomic E-state index is 0.212. The maximum atomic E-state index is 9.61. The van der Waals surface area contributed by atoms with Crippen LogP contribution in [0.2, 0.25) is 5.02 Å². The molecular weight excluding hydrogens is 272 g/mol. The summed E-state index contributed by atoms with van der Waals surface area (Å²) in [6.07, 6.45) is 3.43. The summed E-state index contributed by atoms with van der Waals surface area (Å²) in [6.45, 7) is 6.34. The predicted octanol–water partition coefficient (Wildman–Crippen LogP) is 3.19. The lowest BCUT2D eigenvalue weighted by Gasteiger charge is -2.38. The summed E-state index contributed by atoms with van der Waals surface area (Å²) in [5.74, 6) is 0. The zero-order chi connectivity index (χ0) is 14.5. The van der Waals surface area contributed by atoms with E-state index in [1.54, 1.807) is 0 Å². The van der Waals surface area contributed by atoms with E-state index in [2.05, 4.69) is 30.1 Å². The Balaban J connectivity index is 2.25. The summed E-state index contributed by atoms with van der Waals surface area (Å²) < 4.78 is 0. The second kappa shape index (κ2) is 7.30. The Kier molecular flexibility index (Phi) is 5.70. The molecule has 3 nitrogen and oxygen atoms in total. The van der Waals surface area contributed by atoms with Gasteiger partial charge in [-0.2, -0.15) is 0 Å². The number of rotatable bonds is 5. The molecule has 2 N–H and O–H groups in total. The molecule has 0 aliphatic carbocycles. The molecule has 1 aromatic rings. The Morgan fingerprint density at radius 2 is 2.20 bits per heavy atom. The minimum Gasteiger partial charge on any atom is -0.394 e. The van der Waals surface area contributed by atoms with Crippen LogP contribution in [-0.4, -0.2) is 30.3 Å². The number of benzene rings is 1. The van der Waals surface area contributed by atoms with Crippen LogP contribution in [0.5, 0.6) is 0 Å². The van der Waals surface area contributed by atoms with Crippen LogP contribution in [0, 0.1) is 0 Å². The fourth-order valence-corrected chi connectivity index (χ4v) is 2.94. The first-order chi connectivity index (χ1) is 9.61. The van der Waals surface area contributed by atoms with Gasteiger partial charge >= 0.3 is 0 Å². The summed E-state index contributed by atoms with van der Waals surface area (Å²) in [6, 6.07) is 6.75. The van der Waals surface area contributed by atoms with Gasteiger partial charge in [0.15, 0.2) is 0 Å². The molecule has 1 unspecified atom stereocenters. The first-order valence-corrected chi connectivity index (χ1v) is 7.89. The van der Waals surface area contributed by atoms with Crippen molar-refractivity contribution in [2.75, 3.05) is 18.1 Å². The predicted molar refractivity (Wildman–Crippen MR) is 85.5 cm³/mol. The van der Waals surface area contributed by atoms with E-state index in [-0.39, 0.29) is 12.6 Å². The Morgan fingerprint density at radius 3 is 2.90 bits per heavy atom. The van der Waals surface area contributed by atoms with Crippen molar-refractivity contribution < 1.29 is 5.11 Å². The normalized spacial score (nSPS) is 19.6. The highest BCUT2D eigenvalue weighted by Crippen LogP contribution is 2.30. The van der Waals surface area contributed by atoms with E-state index in [1.807, 2.05) is 12.1 Å². The van der Waals surface area contributed by atoms with E-state index in [4.69, 9.17) is 11.6 Å². The van der Waals surface area contributed by atoms with E-state index >= 15 is 0 Å². The second-order valence-electron chi connectivity index (χ2n) is 5.83. The summed E-state index contributed by atoms with van der Waals surface area (Å²) in [7, 11) is 0. The third-order valence-electron chi connectivity index (χ3n) is 3.90. The average molecular weight is 297 g/mol. The van der Waals surface area contributed by atoms with E-state index in [0.29, 0.717) is 6.04 Å². The van der Waals surface area contributed by atoms with Crippen LogP contribution < -0.4 is 10.2 Å². The molecule has 0 radical (unpaired) electrons. The van der Waals surface area contributed by atoms with Crippen LogP contribution in [-0.2, 0) is 6.54 Å². The molecule has 1 atom stereocenters. The van der Waals surface area contributed by atoms with Crippen molar-refractivity contribution in [2.24, 2.45) is 0 Å². The minimum atomic E-state index is 0.212. The van der Waals surface area contributed by atoms with Crippen LogP contribution in [0.4, 0.5) is 5.69 Å². The van der Waals surface area contributed by atoms with Crippen LogP contribution in [0.15, 0.2) is 18.2 Å². The topological polar surface area (TPSA) is 35.5 Å². The lowest BCUT2D eigenvalue weighted by molar-refractivity contribution is 0.240. The number of nitrogens with zero attached hydrogens (tertiary/aromatic N) is 1. The first-order valence-electron chi connectivity index (χ1n) is 7.51. The van der Waals surface area contributed by atoms with Gasteiger partial charge in [0, 0.05) is 29.8 Å². The largest absolute Gasteiger partial charge is 0.394 e. The molecule has 1 saturated heterocycles. The van der Waals surface area contributed by atoms with Gasteiger partial charge < -0.3 is 15.3 Å². The zero-order valence-electron chi connectivity index (χ0n) is 12.4. The molecule has 4 heteroatoms. The number of aliphatic hydroxyl groups is 1. The van der Waals surface area contributed by atoms with Gasteiger partial charge in [0.1, 0.15) is 0 Å². The second-order valence-corrected chi connectivity index (χ2v) is 6.27. The third-order valence-corrected chi connectivity index (χ3v) is 4.13. The quantitative estimate of drug-likeness (QED) is 0.876. The van der Waals surface area contributed by atoms with Crippen LogP contribution >= 0.6 is 11.6 Å². The molecule has 1 aliphatic heterocycles. The van der Waals surface area contributed by atoms with Crippen molar-refractivity contribution in [3.05, 3.63) is 28.8 Å². The molecule has 0 spiro atoms. The number of aliphatic hydroxyl groups excluding tert-OH is 1. The van der Waals surface area contributed by atoms with Crippen molar-refractivity contribution in [3.63, 3.8) is 0 Å². The van der Waals surface area contributed by atoms with Gasteiger partial charge in [0.25, 0.3) is 0 Å². The number of nitrogens with one attached hydrogen (secondary N) is 1. The van der Waals surface area contributed by atoms with Crippen molar-refractivity contribution in [1.82, 2.24) is 5.32 Å². The summed E-state index contributed by atoms with van der Waals surface area (Å²) in [5, 5.41) is 13.8. The maximum Gasteiger partial charge on any atom is 0.0635 e. The fourth-order valence-electron chi connectivity index (χ4n) is 2.78. The summed E-state index contributed by atoms with van der Waals surface area (Å²) in [4.78, 5) is 2.33. The number of halogens is 1. The smallest absolute Gasteiger partial charge is 0.0635 e. The fraction of sp³-hybridized carbons (Fsp3) is 0.625. The molecule has 2 rings (SSSR count). The molecule has 1 heterocycles. The Bertz CT molecular complexity index is 436. The number of piperidine rings is 1. The van der Waals surface area contributed by atoms with Crippen molar-refractivity contribution in [1.29, 1.82) is 0 Å². The van der Waals surface area contributed by atoms with Gasteiger partial charge in [0.2, 0.25) is 0 Å². The van der Waals surface area contributed by atoms with Crippen LogP contribution in [0.25, 0.3) is 0 Å². The third kappa shape index (κ3) is 3.87. The first kappa shape index (κ1) is 15.6. The molecule has 1 fully saturated rings. The van der Waals surface area contributed by atoms with Gasteiger partial charge in [-0.05, 0) is 37.0 Å². The molecule has 1 aromatic carbocycles. The number of anilines is 1. The van der Waals surface area contributed by atoms with E-state index in [9.17, 15) is 5.11 Å². The lowest BCUT2D eigenvalue weighted by atomic mass is 10.00. The van der Waals surface area contributed by atoms with E-state index < -0.39 is 0 Å². The Hall–Kier alpha value is -0.770. The zero-order valence-corrected chi connectivity index (χ0v) is 13.2. The van der Waals surface area contributed by atoms with E-state index in [1.165, 1.54) is 24.1 Å². The summed E-state index contributed by atoms with van der Waals surface area (Å²) in [5.41, 5.74) is 2.42. The highest BCUT2D eigenvalue weighted by molar-refractivity contribution is 6.30. The molecule has 0 amide bonds. The molecule has 0 saturated carbocycles. The number of hydrogen-bond acceptors (Lipinski definition) is 3. The Labute approximate surface area is 126 Å².